The Hall–Kier alpha value is -3.56. The molecular formula is C20H18F3N5O2. The lowest BCUT2D eigenvalue weighted by molar-refractivity contribution is -0.138. The summed E-state index contributed by atoms with van der Waals surface area (Å²) < 4.78 is 41.5. The molecule has 1 aliphatic heterocycles. The Labute approximate surface area is 169 Å². The number of nitrogens with zero attached hydrogens (tertiary/aromatic N) is 4. The molecule has 0 aliphatic carbocycles. The van der Waals surface area contributed by atoms with Crippen LogP contribution in [0, 0.1) is 0 Å². The molecule has 1 fully saturated rings. The summed E-state index contributed by atoms with van der Waals surface area (Å²) in [6.45, 7) is 1.38. The predicted molar refractivity (Wildman–Crippen MR) is 104 cm³/mol. The number of alkyl halides is 3. The van der Waals surface area contributed by atoms with E-state index in [4.69, 9.17) is 5.73 Å². The number of halogens is 3. The lowest BCUT2D eigenvalue weighted by atomic mass is 10.1. The van der Waals surface area contributed by atoms with E-state index in [-0.39, 0.29) is 18.7 Å². The highest BCUT2D eigenvalue weighted by Crippen LogP contribution is 2.32. The van der Waals surface area contributed by atoms with Crippen LogP contribution in [0.1, 0.15) is 26.3 Å². The van der Waals surface area contributed by atoms with E-state index in [1.807, 2.05) is 9.69 Å². The van der Waals surface area contributed by atoms with Crippen LogP contribution in [0.15, 0.2) is 48.8 Å². The van der Waals surface area contributed by atoms with Gasteiger partial charge >= 0.3 is 6.18 Å². The van der Waals surface area contributed by atoms with Crippen molar-refractivity contribution < 1.29 is 22.8 Å². The van der Waals surface area contributed by atoms with Crippen LogP contribution in [0.25, 0.3) is 11.0 Å². The SMILES string of the molecule is NC(=O)c1ccc2c(c1)ncn2N1CCN(C(=O)c2ccccc2C(F)(F)F)CC1. The number of rotatable bonds is 3. The van der Waals surface area contributed by atoms with Crippen LogP contribution in [-0.2, 0) is 6.18 Å². The molecule has 2 aromatic carbocycles. The van der Waals surface area contributed by atoms with Crippen LogP contribution < -0.4 is 10.7 Å². The Bertz CT molecular complexity index is 1120. The molecule has 2 heterocycles. The molecule has 0 radical (unpaired) electrons. The minimum absolute atomic E-state index is 0.268. The Morgan fingerprint density at radius 1 is 1.00 bits per heavy atom. The Morgan fingerprint density at radius 3 is 2.37 bits per heavy atom. The van der Waals surface area contributed by atoms with Gasteiger partial charge in [0.25, 0.3) is 5.91 Å². The van der Waals surface area contributed by atoms with Gasteiger partial charge in [-0.3, -0.25) is 9.59 Å². The first-order chi connectivity index (χ1) is 14.3. The molecule has 156 valence electrons. The summed E-state index contributed by atoms with van der Waals surface area (Å²) in [5.41, 5.74) is 5.74. The van der Waals surface area contributed by atoms with Crippen molar-refractivity contribution in [2.45, 2.75) is 6.18 Å². The molecule has 7 nitrogen and oxygen atoms in total. The number of hydrogen-bond acceptors (Lipinski definition) is 4. The van der Waals surface area contributed by atoms with Crippen LogP contribution in [0.3, 0.4) is 0 Å². The second-order valence-electron chi connectivity index (χ2n) is 6.95. The van der Waals surface area contributed by atoms with E-state index in [0.29, 0.717) is 24.2 Å². The third-order valence-corrected chi connectivity index (χ3v) is 5.12. The number of carbonyl (C=O) groups excluding carboxylic acids is 2. The highest BCUT2D eigenvalue weighted by atomic mass is 19.4. The number of fused-ring (bicyclic) bond motifs is 1. The van der Waals surface area contributed by atoms with Crippen LogP contribution in [0.5, 0.6) is 0 Å². The number of aromatic nitrogens is 2. The second kappa shape index (κ2) is 7.36. The van der Waals surface area contributed by atoms with Gasteiger partial charge in [-0.2, -0.15) is 13.2 Å². The quantitative estimate of drug-likeness (QED) is 0.709. The molecule has 1 saturated heterocycles. The highest BCUT2D eigenvalue weighted by Gasteiger charge is 2.36. The van der Waals surface area contributed by atoms with Crippen molar-refractivity contribution in [2.24, 2.45) is 5.73 Å². The van der Waals surface area contributed by atoms with Crippen LogP contribution in [-0.4, -0.2) is 52.6 Å². The zero-order valence-electron chi connectivity index (χ0n) is 15.8. The van der Waals surface area contributed by atoms with Gasteiger partial charge in [0.15, 0.2) is 0 Å². The number of piperazine rings is 1. The third kappa shape index (κ3) is 3.56. The van der Waals surface area contributed by atoms with Gasteiger partial charge < -0.3 is 15.6 Å². The Morgan fingerprint density at radius 2 is 1.70 bits per heavy atom. The molecule has 1 aromatic heterocycles. The highest BCUT2D eigenvalue weighted by molar-refractivity contribution is 5.97. The van der Waals surface area contributed by atoms with Crippen LogP contribution >= 0.6 is 0 Å². The number of hydrogen-bond donors (Lipinski definition) is 1. The first-order valence-electron chi connectivity index (χ1n) is 9.23. The summed E-state index contributed by atoms with van der Waals surface area (Å²) in [6, 6.07) is 9.76. The molecule has 0 unspecified atom stereocenters. The van der Waals surface area contributed by atoms with Crippen molar-refractivity contribution >= 4 is 22.8 Å². The van der Waals surface area contributed by atoms with Crippen molar-refractivity contribution in [1.29, 1.82) is 0 Å². The summed E-state index contributed by atoms with van der Waals surface area (Å²) >= 11 is 0. The lowest BCUT2D eigenvalue weighted by Crippen LogP contribution is -2.52. The van der Waals surface area contributed by atoms with E-state index in [1.54, 1.807) is 24.5 Å². The zero-order chi connectivity index (χ0) is 21.5. The molecule has 0 saturated carbocycles. The van der Waals surface area contributed by atoms with E-state index in [1.165, 1.54) is 23.1 Å². The fraction of sp³-hybridized carbons (Fsp3) is 0.250. The normalized spacial score (nSPS) is 14.9. The van der Waals surface area contributed by atoms with Gasteiger partial charge in [-0.05, 0) is 30.3 Å². The van der Waals surface area contributed by atoms with E-state index in [2.05, 4.69) is 4.98 Å². The van der Waals surface area contributed by atoms with Gasteiger partial charge in [0, 0.05) is 18.7 Å². The van der Waals surface area contributed by atoms with Crippen molar-refractivity contribution in [1.82, 2.24) is 14.6 Å². The fourth-order valence-electron chi connectivity index (χ4n) is 3.58. The van der Waals surface area contributed by atoms with Crippen molar-refractivity contribution in [3.05, 3.63) is 65.5 Å². The molecule has 3 aromatic rings. The predicted octanol–water partition coefficient (Wildman–Crippen LogP) is 2.25. The molecular weight excluding hydrogens is 399 g/mol. The molecule has 2 N–H and O–H groups in total. The summed E-state index contributed by atoms with van der Waals surface area (Å²) in [5.74, 6) is -1.18. The van der Waals surface area contributed by atoms with Gasteiger partial charge in [-0.25, -0.2) is 9.66 Å². The second-order valence-corrected chi connectivity index (χ2v) is 6.95. The maximum absolute atomic E-state index is 13.2. The standard InChI is InChI=1S/C20H18F3N5O2/c21-20(22,23)15-4-2-1-3-14(15)19(30)26-7-9-27(10-8-26)28-12-25-16-11-13(18(24)29)5-6-17(16)28/h1-6,11-12H,7-10H2,(H2,24,29). The zero-order valence-corrected chi connectivity index (χ0v) is 15.8. The maximum atomic E-state index is 13.2. The number of imidazole rings is 1. The van der Waals surface area contributed by atoms with E-state index < -0.39 is 23.6 Å². The monoisotopic (exact) mass is 417 g/mol. The smallest absolute Gasteiger partial charge is 0.366 e. The van der Waals surface area contributed by atoms with E-state index in [9.17, 15) is 22.8 Å². The summed E-state index contributed by atoms with van der Waals surface area (Å²) in [6.07, 6.45) is -2.99. The first kappa shape index (κ1) is 19.7. The van der Waals surface area contributed by atoms with Crippen molar-refractivity contribution in [2.75, 3.05) is 31.2 Å². The average molecular weight is 417 g/mol. The number of carbonyl (C=O) groups is 2. The first-order valence-corrected chi connectivity index (χ1v) is 9.23. The molecule has 30 heavy (non-hydrogen) atoms. The molecule has 0 bridgehead atoms. The van der Waals surface area contributed by atoms with Gasteiger partial charge in [-0.15, -0.1) is 0 Å². The van der Waals surface area contributed by atoms with Crippen LogP contribution in [0.2, 0.25) is 0 Å². The van der Waals surface area contributed by atoms with Crippen molar-refractivity contribution in [3.8, 4) is 0 Å². The molecule has 0 spiro atoms. The van der Waals surface area contributed by atoms with Gasteiger partial charge in [0.05, 0.1) is 35.2 Å². The van der Waals surface area contributed by atoms with Gasteiger partial charge in [0.2, 0.25) is 5.91 Å². The molecule has 1 aliphatic rings. The minimum atomic E-state index is -4.59. The third-order valence-electron chi connectivity index (χ3n) is 5.12. The molecule has 2 amide bonds. The summed E-state index contributed by atoms with van der Waals surface area (Å²) in [7, 11) is 0. The maximum Gasteiger partial charge on any atom is 0.417 e. The fourth-order valence-corrected chi connectivity index (χ4v) is 3.58. The van der Waals surface area contributed by atoms with Gasteiger partial charge in [0.1, 0.15) is 6.33 Å². The summed E-state index contributed by atoms with van der Waals surface area (Å²) in [4.78, 5) is 29.8. The van der Waals surface area contributed by atoms with Crippen molar-refractivity contribution in [3.63, 3.8) is 0 Å². The van der Waals surface area contributed by atoms with E-state index >= 15 is 0 Å². The molecule has 0 atom stereocenters. The molecule has 4 rings (SSSR count). The lowest BCUT2D eigenvalue weighted by Gasteiger charge is -2.36. The van der Waals surface area contributed by atoms with Crippen LogP contribution in [0.4, 0.5) is 13.2 Å². The van der Waals surface area contributed by atoms with Gasteiger partial charge in [-0.1, -0.05) is 12.1 Å². The number of amides is 2. The minimum Gasteiger partial charge on any atom is -0.366 e. The largest absolute Gasteiger partial charge is 0.417 e. The molecule has 10 heteroatoms. The Balaban J connectivity index is 1.50. The average Bonchev–Trinajstić information content (AvgIpc) is 3.16. The number of benzene rings is 2. The number of primary amides is 1. The Kier molecular flexibility index (Phi) is 4.84. The number of nitrogens with two attached hydrogens (primary N) is 1. The van der Waals surface area contributed by atoms with E-state index in [0.717, 1.165) is 11.6 Å². The summed E-state index contributed by atoms with van der Waals surface area (Å²) in [5, 5.41) is 1.94. The topological polar surface area (TPSA) is 84.5 Å².